The van der Waals surface area contributed by atoms with E-state index in [-0.39, 0.29) is 17.5 Å². The molecule has 2 rings (SSSR count). The van der Waals surface area contributed by atoms with Crippen molar-refractivity contribution in [3.63, 3.8) is 0 Å². The number of methoxy groups -OCH3 is 1. The van der Waals surface area contributed by atoms with Gasteiger partial charge in [0.05, 0.1) is 7.11 Å². The summed E-state index contributed by atoms with van der Waals surface area (Å²) in [7, 11) is 1.40. The fraction of sp³-hybridized carbons (Fsp3) is 0.211. The van der Waals surface area contributed by atoms with Gasteiger partial charge < -0.3 is 4.74 Å². The van der Waals surface area contributed by atoms with Gasteiger partial charge in [-0.1, -0.05) is 36.4 Å². The Morgan fingerprint density at radius 2 is 2.00 bits per heavy atom. The fourth-order valence-corrected chi connectivity index (χ4v) is 2.36. The Balaban J connectivity index is 2.08. The molecule has 1 atom stereocenters. The number of rotatable bonds is 7. The highest BCUT2D eigenvalue weighted by Gasteiger charge is 2.18. The third-order valence-corrected chi connectivity index (χ3v) is 3.64. The molecule has 3 heteroatoms. The first-order chi connectivity index (χ1) is 10.7. The monoisotopic (exact) mass is 298 g/mol. The van der Waals surface area contributed by atoms with Crippen LogP contribution in [0.3, 0.4) is 0 Å². The van der Waals surface area contributed by atoms with E-state index in [4.69, 9.17) is 4.74 Å². The largest absolute Gasteiger partial charge is 0.494 e. The van der Waals surface area contributed by atoms with Crippen LogP contribution >= 0.6 is 0 Å². The normalized spacial score (nSPS) is 11.7. The molecule has 0 amide bonds. The van der Waals surface area contributed by atoms with Crippen molar-refractivity contribution < 1.29 is 13.9 Å². The number of halogens is 1. The lowest BCUT2D eigenvalue weighted by atomic mass is 9.91. The molecule has 0 radical (unpaired) electrons. The van der Waals surface area contributed by atoms with E-state index >= 15 is 0 Å². The summed E-state index contributed by atoms with van der Waals surface area (Å²) in [5.41, 5.74) is 1.51. The van der Waals surface area contributed by atoms with Crippen LogP contribution in [0.5, 0.6) is 5.75 Å². The van der Waals surface area contributed by atoms with Crippen molar-refractivity contribution in [3.8, 4) is 5.75 Å². The van der Waals surface area contributed by atoms with Crippen LogP contribution in [-0.4, -0.2) is 12.9 Å². The molecule has 0 aliphatic carbocycles. The van der Waals surface area contributed by atoms with Gasteiger partial charge in [0.1, 0.15) is 0 Å². The van der Waals surface area contributed by atoms with Crippen molar-refractivity contribution in [2.75, 3.05) is 7.11 Å². The van der Waals surface area contributed by atoms with Crippen molar-refractivity contribution in [1.29, 1.82) is 0 Å². The highest BCUT2D eigenvalue weighted by Crippen LogP contribution is 2.22. The van der Waals surface area contributed by atoms with Crippen molar-refractivity contribution in [3.05, 3.63) is 78.1 Å². The second-order valence-corrected chi connectivity index (χ2v) is 5.08. The van der Waals surface area contributed by atoms with E-state index in [0.29, 0.717) is 12.0 Å². The molecule has 0 aliphatic heterocycles. The molecular formula is C19H19FO2. The van der Waals surface area contributed by atoms with Crippen LogP contribution in [0.2, 0.25) is 0 Å². The Hall–Kier alpha value is -2.42. The predicted octanol–water partition coefficient (Wildman–Crippen LogP) is 4.45. The number of carbonyl (C=O) groups excluding carboxylic acids is 1. The minimum atomic E-state index is -0.528. The number of hydrogen-bond donors (Lipinski definition) is 0. The van der Waals surface area contributed by atoms with Crippen LogP contribution in [-0.2, 0) is 6.42 Å². The zero-order chi connectivity index (χ0) is 15.9. The van der Waals surface area contributed by atoms with Gasteiger partial charge in [0, 0.05) is 11.5 Å². The molecule has 0 unspecified atom stereocenters. The van der Waals surface area contributed by atoms with Crippen LogP contribution < -0.4 is 4.74 Å². The van der Waals surface area contributed by atoms with Gasteiger partial charge >= 0.3 is 0 Å². The van der Waals surface area contributed by atoms with Crippen LogP contribution in [0.15, 0.2) is 61.2 Å². The second kappa shape index (κ2) is 7.55. The minimum absolute atomic E-state index is 0.118. The molecule has 0 fully saturated rings. The maximum absolute atomic E-state index is 13.7. The van der Waals surface area contributed by atoms with Crippen LogP contribution in [0.1, 0.15) is 22.3 Å². The minimum Gasteiger partial charge on any atom is -0.494 e. The first-order valence-corrected chi connectivity index (χ1v) is 7.20. The molecule has 0 aliphatic rings. The molecule has 2 aromatic rings. The van der Waals surface area contributed by atoms with Crippen molar-refractivity contribution in [1.82, 2.24) is 0 Å². The Bertz CT molecular complexity index is 650. The molecule has 22 heavy (non-hydrogen) atoms. The number of allylic oxidation sites excluding steroid dienone is 1. The highest BCUT2D eigenvalue weighted by molar-refractivity contribution is 5.99. The molecule has 0 bridgehead atoms. The maximum Gasteiger partial charge on any atom is 0.169 e. The molecule has 2 aromatic carbocycles. The number of carbonyl (C=O) groups is 1. The molecule has 0 spiro atoms. The van der Waals surface area contributed by atoms with Gasteiger partial charge in [-0.05, 0) is 36.6 Å². The topological polar surface area (TPSA) is 26.3 Å². The number of ether oxygens (including phenoxy) is 1. The average Bonchev–Trinajstić information content (AvgIpc) is 2.56. The van der Waals surface area contributed by atoms with Gasteiger partial charge in [-0.3, -0.25) is 4.79 Å². The van der Waals surface area contributed by atoms with E-state index in [1.165, 1.54) is 24.8 Å². The van der Waals surface area contributed by atoms with Gasteiger partial charge in [-0.15, -0.1) is 6.58 Å². The lowest BCUT2D eigenvalue weighted by Gasteiger charge is -2.12. The van der Waals surface area contributed by atoms with Crippen molar-refractivity contribution in [2.45, 2.75) is 12.8 Å². The van der Waals surface area contributed by atoms with E-state index in [0.717, 1.165) is 6.42 Å². The summed E-state index contributed by atoms with van der Waals surface area (Å²) in [6.07, 6.45) is 3.06. The summed E-state index contributed by atoms with van der Waals surface area (Å²) in [6, 6.07) is 14.2. The Kier molecular flexibility index (Phi) is 5.48. The van der Waals surface area contributed by atoms with E-state index in [1.54, 1.807) is 12.1 Å². The maximum atomic E-state index is 13.7. The summed E-state index contributed by atoms with van der Waals surface area (Å²) in [4.78, 5) is 12.5. The first kappa shape index (κ1) is 16.0. The molecule has 0 aromatic heterocycles. The third-order valence-electron chi connectivity index (χ3n) is 3.64. The lowest BCUT2D eigenvalue weighted by Crippen LogP contribution is -2.13. The molecule has 0 heterocycles. The standard InChI is InChI=1S/C19H19FO2/c1-3-15(10-9-14-7-5-4-6-8-14)19(21)16-11-12-18(22-2)17(20)13-16/h3-8,11-13,15H,1,9-10H2,2H3/t15-/m1/s1. The Labute approximate surface area is 130 Å². The lowest BCUT2D eigenvalue weighted by molar-refractivity contribution is 0.0940. The van der Waals surface area contributed by atoms with E-state index in [2.05, 4.69) is 6.58 Å². The molecule has 114 valence electrons. The molecule has 2 nitrogen and oxygen atoms in total. The zero-order valence-electron chi connectivity index (χ0n) is 12.6. The molecule has 0 saturated heterocycles. The van der Waals surface area contributed by atoms with E-state index in [1.807, 2.05) is 30.3 Å². The van der Waals surface area contributed by atoms with Gasteiger partial charge in [-0.2, -0.15) is 0 Å². The quantitative estimate of drug-likeness (QED) is 0.557. The summed E-state index contributed by atoms with van der Waals surface area (Å²) in [5, 5.41) is 0. The van der Waals surface area contributed by atoms with Gasteiger partial charge in [-0.25, -0.2) is 4.39 Å². The summed E-state index contributed by atoms with van der Waals surface area (Å²) >= 11 is 0. The smallest absolute Gasteiger partial charge is 0.169 e. The summed E-state index contributed by atoms with van der Waals surface area (Å²) in [5.74, 6) is -0.837. The SMILES string of the molecule is C=C[C@H](CCc1ccccc1)C(=O)c1ccc(OC)c(F)c1. The number of hydrogen-bond acceptors (Lipinski definition) is 2. The summed E-state index contributed by atoms with van der Waals surface area (Å²) < 4.78 is 18.6. The Morgan fingerprint density at radius 1 is 1.27 bits per heavy atom. The zero-order valence-corrected chi connectivity index (χ0v) is 12.6. The number of ketones is 1. The second-order valence-electron chi connectivity index (χ2n) is 5.08. The van der Waals surface area contributed by atoms with Crippen LogP contribution in [0.25, 0.3) is 0 Å². The van der Waals surface area contributed by atoms with Gasteiger partial charge in [0.25, 0.3) is 0 Å². The average molecular weight is 298 g/mol. The predicted molar refractivity (Wildman–Crippen MR) is 85.7 cm³/mol. The fourth-order valence-electron chi connectivity index (χ4n) is 2.36. The van der Waals surface area contributed by atoms with Crippen molar-refractivity contribution >= 4 is 5.78 Å². The van der Waals surface area contributed by atoms with Crippen LogP contribution in [0, 0.1) is 11.7 Å². The number of aryl methyl sites for hydroxylation is 1. The summed E-state index contributed by atoms with van der Waals surface area (Å²) in [6.45, 7) is 3.74. The van der Waals surface area contributed by atoms with Gasteiger partial charge in [0.2, 0.25) is 0 Å². The third kappa shape index (κ3) is 3.82. The van der Waals surface area contributed by atoms with Gasteiger partial charge in [0.15, 0.2) is 17.3 Å². The first-order valence-electron chi connectivity index (χ1n) is 7.20. The van der Waals surface area contributed by atoms with Crippen LogP contribution in [0.4, 0.5) is 4.39 Å². The van der Waals surface area contributed by atoms with Crippen molar-refractivity contribution in [2.24, 2.45) is 5.92 Å². The Morgan fingerprint density at radius 3 is 2.59 bits per heavy atom. The molecule has 0 saturated carbocycles. The number of benzene rings is 2. The highest BCUT2D eigenvalue weighted by atomic mass is 19.1. The molecular weight excluding hydrogens is 279 g/mol. The molecule has 0 N–H and O–H groups in total. The number of Topliss-reactive ketones (excluding diaryl/α,β-unsaturated/α-hetero) is 1. The van der Waals surface area contributed by atoms with E-state index in [9.17, 15) is 9.18 Å². The van der Waals surface area contributed by atoms with E-state index < -0.39 is 5.82 Å².